The average Bonchev–Trinajstić information content (AvgIpc) is 3.07. The Kier molecular flexibility index (Phi) is 5.75. The van der Waals surface area contributed by atoms with Crippen molar-refractivity contribution in [2.24, 2.45) is 0 Å². The zero-order valence-electron chi connectivity index (χ0n) is 15.2. The summed E-state index contributed by atoms with van der Waals surface area (Å²) in [6, 6.07) is 11.0. The maximum absolute atomic E-state index is 13.2. The van der Waals surface area contributed by atoms with Crippen molar-refractivity contribution in [3.63, 3.8) is 0 Å². The van der Waals surface area contributed by atoms with Crippen LogP contribution in [0, 0.1) is 5.82 Å². The Labute approximate surface area is 155 Å². The molecule has 0 aromatic heterocycles. The largest absolute Gasteiger partial charge is 0.309 e. The second-order valence-corrected chi connectivity index (χ2v) is 8.82. The summed E-state index contributed by atoms with van der Waals surface area (Å²) in [6.45, 7) is 0.717. The Morgan fingerprint density at radius 3 is 2.46 bits per heavy atom. The molecule has 1 atom stereocenters. The fourth-order valence-corrected chi connectivity index (χ4v) is 4.66. The van der Waals surface area contributed by atoms with Crippen molar-refractivity contribution in [2.75, 3.05) is 20.6 Å². The Bertz CT molecular complexity index is 864. The van der Waals surface area contributed by atoms with Crippen molar-refractivity contribution < 1.29 is 12.8 Å². The first-order chi connectivity index (χ1) is 12.3. The molecule has 0 heterocycles. The number of benzene rings is 2. The van der Waals surface area contributed by atoms with Gasteiger partial charge in [-0.3, -0.25) is 0 Å². The summed E-state index contributed by atoms with van der Waals surface area (Å²) in [5.41, 5.74) is 3.13. The van der Waals surface area contributed by atoms with Gasteiger partial charge in [0.25, 0.3) is 0 Å². The first-order valence-electron chi connectivity index (χ1n) is 8.89. The molecule has 0 bridgehead atoms. The molecule has 0 radical (unpaired) electrons. The van der Waals surface area contributed by atoms with E-state index in [0.717, 1.165) is 36.9 Å². The fraction of sp³-hybridized carbons (Fsp3) is 0.400. The maximum Gasteiger partial charge on any atom is 0.241 e. The molecule has 0 saturated carbocycles. The van der Waals surface area contributed by atoms with Crippen molar-refractivity contribution in [1.82, 2.24) is 9.62 Å². The quantitative estimate of drug-likeness (QED) is 0.807. The van der Waals surface area contributed by atoms with Gasteiger partial charge in [0.2, 0.25) is 10.0 Å². The number of nitrogens with zero attached hydrogens (tertiary/aromatic N) is 1. The number of sulfonamides is 1. The highest BCUT2D eigenvalue weighted by Crippen LogP contribution is 2.26. The molecular weight excluding hydrogens is 351 g/mol. The second-order valence-electron chi connectivity index (χ2n) is 7.10. The van der Waals surface area contributed by atoms with Gasteiger partial charge in [0, 0.05) is 6.04 Å². The summed E-state index contributed by atoms with van der Waals surface area (Å²) in [6.07, 6.45) is 3.63. The van der Waals surface area contributed by atoms with Crippen molar-refractivity contribution in [3.05, 3.63) is 65.0 Å². The molecule has 1 N–H and O–H groups in total. The molecule has 0 aliphatic heterocycles. The van der Waals surface area contributed by atoms with Gasteiger partial charge < -0.3 is 4.90 Å². The highest BCUT2D eigenvalue weighted by molar-refractivity contribution is 7.89. The number of hydrogen-bond acceptors (Lipinski definition) is 3. The molecule has 4 nitrogen and oxygen atoms in total. The van der Waals surface area contributed by atoms with Gasteiger partial charge in [-0.2, -0.15) is 0 Å². The van der Waals surface area contributed by atoms with Crippen LogP contribution in [0.1, 0.15) is 35.6 Å². The van der Waals surface area contributed by atoms with Gasteiger partial charge in [-0.1, -0.05) is 18.2 Å². The molecule has 2 aromatic carbocycles. The minimum atomic E-state index is -3.65. The Morgan fingerprint density at radius 2 is 1.77 bits per heavy atom. The second kappa shape index (κ2) is 7.86. The molecule has 6 heteroatoms. The Morgan fingerprint density at radius 1 is 1.08 bits per heavy atom. The van der Waals surface area contributed by atoms with E-state index in [1.807, 2.05) is 25.1 Å². The van der Waals surface area contributed by atoms with Crippen LogP contribution in [0.4, 0.5) is 4.39 Å². The van der Waals surface area contributed by atoms with Crippen LogP contribution in [-0.4, -0.2) is 34.0 Å². The van der Waals surface area contributed by atoms with E-state index in [4.69, 9.17) is 0 Å². The summed E-state index contributed by atoms with van der Waals surface area (Å²) in [5, 5.41) is 0. The topological polar surface area (TPSA) is 49.4 Å². The smallest absolute Gasteiger partial charge is 0.241 e. The Balaban J connectivity index is 1.85. The first-order valence-corrected chi connectivity index (χ1v) is 10.4. The van der Waals surface area contributed by atoms with E-state index >= 15 is 0 Å². The number of halogens is 1. The molecule has 0 fully saturated rings. The van der Waals surface area contributed by atoms with Crippen LogP contribution >= 0.6 is 0 Å². The van der Waals surface area contributed by atoms with Crippen molar-refractivity contribution >= 4 is 10.0 Å². The zero-order chi connectivity index (χ0) is 18.7. The summed E-state index contributed by atoms with van der Waals surface area (Å²) < 4.78 is 41.9. The fourth-order valence-electron chi connectivity index (χ4n) is 3.35. The van der Waals surface area contributed by atoms with Gasteiger partial charge in [0.05, 0.1) is 4.90 Å². The molecule has 0 amide bonds. The van der Waals surface area contributed by atoms with Gasteiger partial charge in [-0.15, -0.1) is 0 Å². The first kappa shape index (κ1) is 19.0. The zero-order valence-corrected chi connectivity index (χ0v) is 16.0. The minimum Gasteiger partial charge on any atom is -0.309 e. The number of fused-ring (bicyclic) bond motifs is 1. The highest BCUT2D eigenvalue weighted by atomic mass is 32.2. The standard InChI is InChI=1S/C20H25FN2O2S/c1-23(2)13-12-20(16-6-9-18(21)10-7-16)22-26(24,25)19-11-8-15-4-3-5-17(15)14-19/h6-11,14,20,22H,3-5,12-13H2,1-2H3. The summed E-state index contributed by atoms with van der Waals surface area (Å²) in [4.78, 5) is 2.30. The SMILES string of the molecule is CN(C)CCC(NS(=O)(=O)c1ccc2c(c1)CCC2)c1ccc(F)cc1. The molecule has 1 aliphatic carbocycles. The molecular formula is C20H25FN2O2S. The van der Waals surface area contributed by atoms with E-state index in [1.165, 1.54) is 17.7 Å². The van der Waals surface area contributed by atoms with Crippen LogP contribution in [0.5, 0.6) is 0 Å². The molecule has 0 spiro atoms. The van der Waals surface area contributed by atoms with Gasteiger partial charge in [0.1, 0.15) is 5.82 Å². The van der Waals surface area contributed by atoms with E-state index in [2.05, 4.69) is 4.72 Å². The number of aryl methyl sites for hydroxylation is 2. The van der Waals surface area contributed by atoms with Gasteiger partial charge >= 0.3 is 0 Å². The van der Waals surface area contributed by atoms with Crippen LogP contribution < -0.4 is 4.72 Å². The van der Waals surface area contributed by atoms with E-state index in [1.54, 1.807) is 24.3 Å². The summed E-state index contributed by atoms with van der Waals surface area (Å²) >= 11 is 0. The third kappa shape index (κ3) is 4.50. The monoisotopic (exact) mass is 376 g/mol. The molecule has 2 aromatic rings. The van der Waals surface area contributed by atoms with Gasteiger partial charge in [-0.05, 0) is 87.3 Å². The predicted molar refractivity (Wildman–Crippen MR) is 101 cm³/mol. The highest BCUT2D eigenvalue weighted by Gasteiger charge is 2.23. The van der Waals surface area contributed by atoms with Crippen LogP contribution in [0.25, 0.3) is 0 Å². The van der Waals surface area contributed by atoms with E-state index in [0.29, 0.717) is 11.3 Å². The maximum atomic E-state index is 13.2. The lowest BCUT2D eigenvalue weighted by Crippen LogP contribution is -2.31. The van der Waals surface area contributed by atoms with E-state index in [9.17, 15) is 12.8 Å². The van der Waals surface area contributed by atoms with Gasteiger partial charge in [0.15, 0.2) is 0 Å². The van der Waals surface area contributed by atoms with Crippen molar-refractivity contribution in [3.8, 4) is 0 Å². The molecule has 0 saturated heterocycles. The molecule has 140 valence electrons. The van der Waals surface area contributed by atoms with Crippen LogP contribution in [0.3, 0.4) is 0 Å². The molecule has 3 rings (SSSR count). The average molecular weight is 376 g/mol. The van der Waals surface area contributed by atoms with E-state index in [-0.39, 0.29) is 5.82 Å². The van der Waals surface area contributed by atoms with E-state index < -0.39 is 16.1 Å². The predicted octanol–water partition coefficient (Wildman–Crippen LogP) is 3.29. The summed E-state index contributed by atoms with van der Waals surface area (Å²) in [7, 11) is 0.233. The lowest BCUT2D eigenvalue weighted by molar-refractivity contribution is 0.375. The lowest BCUT2D eigenvalue weighted by atomic mass is 10.0. The van der Waals surface area contributed by atoms with Crippen molar-refractivity contribution in [2.45, 2.75) is 36.6 Å². The number of hydrogen-bond donors (Lipinski definition) is 1. The third-order valence-electron chi connectivity index (χ3n) is 4.82. The lowest BCUT2D eigenvalue weighted by Gasteiger charge is -2.21. The van der Waals surface area contributed by atoms with Crippen LogP contribution in [0.15, 0.2) is 47.4 Å². The molecule has 1 aliphatic rings. The van der Waals surface area contributed by atoms with Crippen molar-refractivity contribution in [1.29, 1.82) is 0 Å². The van der Waals surface area contributed by atoms with Crippen LogP contribution in [0.2, 0.25) is 0 Å². The van der Waals surface area contributed by atoms with Crippen LogP contribution in [-0.2, 0) is 22.9 Å². The normalized spacial score (nSPS) is 15.2. The minimum absolute atomic E-state index is 0.301. The third-order valence-corrected chi connectivity index (χ3v) is 6.28. The number of nitrogens with one attached hydrogen (secondary N) is 1. The van der Waals surface area contributed by atoms with Gasteiger partial charge in [-0.25, -0.2) is 17.5 Å². The molecule has 1 unspecified atom stereocenters. The Hall–Kier alpha value is -1.76. The summed E-state index contributed by atoms with van der Waals surface area (Å²) in [5.74, 6) is -0.332. The molecule has 26 heavy (non-hydrogen) atoms. The number of rotatable bonds is 7.